The lowest BCUT2D eigenvalue weighted by Crippen LogP contribution is -2.32. The number of nitrogens with zero attached hydrogens (tertiary/aromatic N) is 1. The second-order valence-electron chi connectivity index (χ2n) is 6.12. The van der Waals surface area contributed by atoms with E-state index < -0.39 is 0 Å². The summed E-state index contributed by atoms with van der Waals surface area (Å²) < 4.78 is 5.70. The van der Waals surface area contributed by atoms with Crippen LogP contribution in [0.2, 0.25) is 0 Å². The Balaban J connectivity index is 1.81. The number of likely N-dealkylation sites (tertiary alicyclic amines) is 1. The molecule has 1 aliphatic rings. The van der Waals surface area contributed by atoms with Crippen molar-refractivity contribution < 1.29 is 9.21 Å². The lowest BCUT2D eigenvalue weighted by Gasteiger charge is -2.19. The maximum atomic E-state index is 12.5. The number of benzene rings is 1. The fraction of sp³-hybridized carbons (Fsp3) is 0.500. The lowest BCUT2D eigenvalue weighted by atomic mass is 10.0. The first-order valence-corrected chi connectivity index (χ1v) is 7.91. The maximum absolute atomic E-state index is 12.5. The molecule has 1 aromatic carbocycles. The molecule has 1 amide bonds. The van der Waals surface area contributed by atoms with Crippen molar-refractivity contribution in [3.05, 3.63) is 35.1 Å². The zero-order valence-electron chi connectivity index (χ0n) is 12.9. The predicted octanol–water partition coefficient (Wildman–Crippen LogP) is 3.99. The van der Waals surface area contributed by atoms with Gasteiger partial charge in [0.25, 0.3) is 0 Å². The molecule has 0 unspecified atom stereocenters. The molecule has 1 fully saturated rings. The Morgan fingerprint density at radius 1 is 1.14 bits per heavy atom. The highest BCUT2D eigenvalue weighted by Gasteiger charge is 2.18. The standard InChI is InChI=1S/C18H23NO2/c1-13-7-8-16-15(12-21-18(16)14(13)2)11-17(20)19-9-5-3-4-6-10-19/h7-8,12H,3-6,9-11H2,1-2H3. The molecule has 1 aliphatic heterocycles. The van der Waals surface area contributed by atoms with E-state index >= 15 is 0 Å². The fourth-order valence-corrected chi connectivity index (χ4v) is 3.12. The summed E-state index contributed by atoms with van der Waals surface area (Å²) in [6.07, 6.45) is 6.97. The molecular weight excluding hydrogens is 262 g/mol. The first-order valence-electron chi connectivity index (χ1n) is 7.91. The summed E-state index contributed by atoms with van der Waals surface area (Å²) in [4.78, 5) is 14.5. The van der Waals surface area contributed by atoms with E-state index in [0.717, 1.165) is 42.5 Å². The van der Waals surface area contributed by atoms with Gasteiger partial charge in [-0.1, -0.05) is 25.0 Å². The number of carbonyl (C=O) groups excluding carboxylic acids is 1. The summed E-state index contributed by atoms with van der Waals surface area (Å²) in [6.45, 7) is 5.97. The first kappa shape index (κ1) is 14.2. The van der Waals surface area contributed by atoms with Crippen LogP contribution in [-0.4, -0.2) is 23.9 Å². The van der Waals surface area contributed by atoms with Crippen LogP contribution in [0.15, 0.2) is 22.8 Å². The number of fused-ring (bicyclic) bond motifs is 1. The molecule has 3 heteroatoms. The number of furan rings is 1. The van der Waals surface area contributed by atoms with Crippen molar-refractivity contribution >= 4 is 16.9 Å². The average molecular weight is 285 g/mol. The van der Waals surface area contributed by atoms with Gasteiger partial charge in [-0.2, -0.15) is 0 Å². The SMILES string of the molecule is Cc1ccc2c(CC(=O)N3CCCCCC3)coc2c1C. The van der Waals surface area contributed by atoms with E-state index in [1.807, 2.05) is 4.90 Å². The molecule has 3 nitrogen and oxygen atoms in total. The van der Waals surface area contributed by atoms with Gasteiger partial charge in [0.2, 0.25) is 5.91 Å². The first-order chi connectivity index (χ1) is 10.2. The van der Waals surface area contributed by atoms with Crippen LogP contribution in [0.3, 0.4) is 0 Å². The summed E-state index contributed by atoms with van der Waals surface area (Å²) >= 11 is 0. The van der Waals surface area contributed by atoms with Gasteiger partial charge in [0.15, 0.2) is 0 Å². The highest BCUT2D eigenvalue weighted by molar-refractivity contribution is 5.89. The molecule has 2 heterocycles. The zero-order chi connectivity index (χ0) is 14.8. The van der Waals surface area contributed by atoms with Gasteiger partial charge < -0.3 is 9.32 Å². The number of rotatable bonds is 2. The quantitative estimate of drug-likeness (QED) is 0.835. The Bertz CT molecular complexity index is 649. The Hall–Kier alpha value is -1.77. The molecule has 1 aromatic heterocycles. The topological polar surface area (TPSA) is 33.5 Å². The summed E-state index contributed by atoms with van der Waals surface area (Å²) in [6, 6.07) is 4.18. The Kier molecular flexibility index (Phi) is 4.00. The van der Waals surface area contributed by atoms with Crippen LogP contribution < -0.4 is 0 Å². The Morgan fingerprint density at radius 2 is 1.86 bits per heavy atom. The van der Waals surface area contributed by atoms with E-state index in [1.165, 1.54) is 24.0 Å². The molecule has 0 radical (unpaired) electrons. The van der Waals surface area contributed by atoms with Crippen molar-refractivity contribution in [2.24, 2.45) is 0 Å². The van der Waals surface area contributed by atoms with Crippen LogP contribution in [-0.2, 0) is 11.2 Å². The molecule has 3 rings (SSSR count). The van der Waals surface area contributed by atoms with Gasteiger partial charge in [0.05, 0.1) is 12.7 Å². The number of hydrogen-bond acceptors (Lipinski definition) is 2. The van der Waals surface area contributed by atoms with Gasteiger partial charge in [-0.05, 0) is 37.8 Å². The minimum Gasteiger partial charge on any atom is -0.464 e. The smallest absolute Gasteiger partial charge is 0.227 e. The normalized spacial score (nSPS) is 16.2. The average Bonchev–Trinajstić information content (AvgIpc) is 2.71. The van der Waals surface area contributed by atoms with Crippen LogP contribution in [0.4, 0.5) is 0 Å². The van der Waals surface area contributed by atoms with Gasteiger partial charge in [0.1, 0.15) is 5.58 Å². The summed E-state index contributed by atoms with van der Waals surface area (Å²) in [5, 5.41) is 1.08. The highest BCUT2D eigenvalue weighted by Crippen LogP contribution is 2.27. The van der Waals surface area contributed by atoms with Crippen LogP contribution in [0.5, 0.6) is 0 Å². The molecule has 0 spiro atoms. The van der Waals surface area contributed by atoms with Crippen molar-refractivity contribution in [1.29, 1.82) is 0 Å². The third-order valence-electron chi connectivity index (χ3n) is 4.64. The molecule has 0 saturated carbocycles. The summed E-state index contributed by atoms with van der Waals surface area (Å²) in [5.41, 5.74) is 4.33. The minimum absolute atomic E-state index is 0.234. The fourth-order valence-electron chi connectivity index (χ4n) is 3.12. The molecular formula is C18H23NO2. The van der Waals surface area contributed by atoms with E-state index in [9.17, 15) is 4.79 Å². The van der Waals surface area contributed by atoms with Gasteiger partial charge in [-0.3, -0.25) is 4.79 Å². The molecule has 0 N–H and O–H groups in total. The van der Waals surface area contributed by atoms with Gasteiger partial charge >= 0.3 is 0 Å². The predicted molar refractivity (Wildman–Crippen MR) is 84.4 cm³/mol. The van der Waals surface area contributed by atoms with E-state index in [4.69, 9.17) is 4.42 Å². The van der Waals surface area contributed by atoms with Crippen molar-refractivity contribution in [3.8, 4) is 0 Å². The van der Waals surface area contributed by atoms with E-state index in [1.54, 1.807) is 6.26 Å². The van der Waals surface area contributed by atoms with Crippen molar-refractivity contribution in [3.63, 3.8) is 0 Å². The number of carbonyl (C=O) groups is 1. The van der Waals surface area contributed by atoms with Gasteiger partial charge in [-0.25, -0.2) is 0 Å². The molecule has 0 bridgehead atoms. The van der Waals surface area contributed by atoms with E-state index in [2.05, 4.69) is 26.0 Å². The number of amides is 1. The van der Waals surface area contributed by atoms with Crippen LogP contribution in [0.25, 0.3) is 11.0 Å². The van der Waals surface area contributed by atoms with Crippen molar-refractivity contribution in [1.82, 2.24) is 4.90 Å². The largest absolute Gasteiger partial charge is 0.464 e. The maximum Gasteiger partial charge on any atom is 0.227 e. The Labute approximate surface area is 125 Å². The summed E-state index contributed by atoms with van der Waals surface area (Å²) in [5.74, 6) is 0.234. The molecule has 0 atom stereocenters. The van der Waals surface area contributed by atoms with E-state index in [0.29, 0.717) is 6.42 Å². The minimum atomic E-state index is 0.234. The number of hydrogen-bond donors (Lipinski definition) is 0. The zero-order valence-corrected chi connectivity index (χ0v) is 12.9. The second-order valence-corrected chi connectivity index (χ2v) is 6.12. The third kappa shape index (κ3) is 2.82. The van der Waals surface area contributed by atoms with Crippen LogP contribution in [0.1, 0.15) is 42.4 Å². The van der Waals surface area contributed by atoms with E-state index in [-0.39, 0.29) is 5.91 Å². The Morgan fingerprint density at radius 3 is 2.57 bits per heavy atom. The van der Waals surface area contributed by atoms with Crippen LogP contribution >= 0.6 is 0 Å². The summed E-state index contributed by atoms with van der Waals surface area (Å²) in [7, 11) is 0. The third-order valence-corrected chi connectivity index (χ3v) is 4.64. The van der Waals surface area contributed by atoms with Crippen molar-refractivity contribution in [2.75, 3.05) is 13.1 Å². The molecule has 112 valence electrons. The van der Waals surface area contributed by atoms with Gasteiger partial charge in [0, 0.05) is 24.0 Å². The lowest BCUT2D eigenvalue weighted by molar-refractivity contribution is -0.130. The van der Waals surface area contributed by atoms with Crippen LogP contribution in [0, 0.1) is 13.8 Å². The second kappa shape index (κ2) is 5.92. The monoisotopic (exact) mass is 285 g/mol. The molecule has 2 aromatic rings. The number of aryl methyl sites for hydroxylation is 2. The van der Waals surface area contributed by atoms with Gasteiger partial charge in [-0.15, -0.1) is 0 Å². The molecule has 0 aliphatic carbocycles. The van der Waals surface area contributed by atoms with Crippen molar-refractivity contribution in [2.45, 2.75) is 46.0 Å². The molecule has 21 heavy (non-hydrogen) atoms. The highest BCUT2D eigenvalue weighted by atomic mass is 16.3. The molecule has 1 saturated heterocycles.